The molecule has 1 fully saturated rings. The molecule has 1 aromatic rings. The Morgan fingerprint density at radius 2 is 2.31 bits per heavy atom. The van der Waals surface area contributed by atoms with Gasteiger partial charge in [0.2, 0.25) is 0 Å². The fourth-order valence-corrected chi connectivity index (χ4v) is 2.15. The van der Waals surface area contributed by atoms with Gasteiger partial charge in [0.25, 0.3) is 0 Å². The zero-order chi connectivity index (χ0) is 11.8. The van der Waals surface area contributed by atoms with E-state index in [2.05, 4.69) is 5.32 Å². The number of nitrogens with two attached hydrogens (primary N) is 1. The zero-order valence-electron chi connectivity index (χ0n) is 8.92. The van der Waals surface area contributed by atoms with Crippen LogP contribution in [0.1, 0.15) is 12.5 Å². The van der Waals surface area contributed by atoms with E-state index in [-0.39, 0.29) is 5.82 Å². The predicted octanol–water partition coefficient (Wildman–Crippen LogP) is 1.57. The summed E-state index contributed by atoms with van der Waals surface area (Å²) in [4.78, 5) is 0.579. The van der Waals surface area contributed by atoms with Crippen LogP contribution in [0.2, 0.25) is 0 Å². The molecule has 3 N–H and O–H groups in total. The van der Waals surface area contributed by atoms with Crippen LogP contribution < -0.4 is 11.1 Å². The lowest BCUT2D eigenvalue weighted by Crippen LogP contribution is -2.52. The number of hydrogen-bond acceptors (Lipinski definition) is 3. The largest absolute Gasteiger partial charge is 0.399 e. The molecule has 1 atom stereocenters. The van der Waals surface area contributed by atoms with Crippen molar-refractivity contribution in [3.05, 3.63) is 29.6 Å². The van der Waals surface area contributed by atoms with Gasteiger partial charge >= 0.3 is 0 Å². The molecule has 3 nitrogen and oxygen atoms in total. The molecule has 1 aliphatic heterocycles. The minimum Gasteiger partial charge on any atom is -0.399 e. The highest BCUT2D eigenvalue weighted by molar-refractivity contribution is 7.80. The average molecular weight is 240 g/mol. The van der Waals surface area contributed by atoms with E-state index < -0.39 is 5.54 Å². The highest BCUT2D eigenvalue weighted by atomic mass is 32.1. The van der Waals surface area contributed by atoms with Crippen LogP contribution in [0.4, 0.5) is 10.1 Å². The Kier molecular flexibility index (Phi) is 2.82. The molecule has 0 bridgehead atoms. The molecule has 0 unspecified atom stereocenters. The van der Waals surface area contributed by atoms with E-state index in [1.165, 1.54) is 12.1 Å². The number of morpholine rings is 1. The Bertz CT molecular complexity index is 438. The summed E-state index contributed by atoms with van der Waals surface area (Å²) < 4.78 is 19.1. The van der Waals surface area contributed by atoms with E-state index in [9.17, 15) is 4.39 Å². The van der Waals surface area contributed by atoms with E-state index in [1.54, 1.807) is 6.07 Å². The highest BCUT2D eigenvalue weighted by Gasteiger charge is 2.33. The molecule has 2 rings (SSSR count). The average Bonchev–Trinajstić information content (AvgIpc) is 2.21. The Balaban J connectivity index is 2.41. The number of nitrogens with one attached hydrogen (secondary N) is 1. The van der Waals surface area contributed by atoms with Gasteiger partial charge in [-0.2, -0.15) is 0 Å². The van der Waals surface area contributed by atoms with Crippen LogP contribution >= 0.6 is 12.2 Å². The first kappa shape index (κ1) is 11.3. The lowest BCUT2D eigenvalue weighted by molar-refractivity contribution is 0.0857. The number of rotatable bonds is 1. The minimum atomic E-state index is -0.644. The second-order valence-electron chi connectivity index (χ2n) is 4.11. The van der Waals surface area contributed by atoms with E-state index in [4.69, 9.17) is 22.7 Å². The molecule has 1 heterocycles. The quantitative estimate of drug-likeness (QED) is 0.578. The summed E-state index contributed by atoms with van der Waals surface area (Å²) in [5.74, 6) is -0.308. The van der Waals surface area contributed by atoms with Crippen LogP contribution in [0.25, 0.3) is 0 Å². The van der Waals surface area contributed by atoms with E-state index in [1.807, 2.05) is 6.92 Å². The minimum absolute atomic E-state index is 0.308. The van der Waals surface area contributed by atoms with Gasteiger partial charge in [0.05, 0.1) is 18.8 Å². The van der Waals surface area contributed by atoms with Crippen molar-refractivity contribution in [2.24, 2.45) is 0 Å². The molecule has 5 heteroatoms. The fraction of sp³-hybridized carbons (Fsp3) is 0.364. The smallest absolute Gasteiger partial charge is 0.128 e. The molecule has 0 saturated carbocycles. The molecule has 0 spiro atoms. The van der Waals surface area contributed by atoms with Crippen LogP contribution in [0, 0.1) is 5.82 Å². The SMILES string of the molecule is C[C@@]1(c2cc(N)ccc2F)COCC(=S)N1. The molecular weight excluding hydrogens is 227 g/mol. The highest BCUT2D eigenvalue weighted by Crippen LogP contribution is 2.27. The first-order chi connectivity index (χ1) is 7.51. The maximum atomic E-state index is 13.7. The molecule has 1 aliphatic rings. The third kappa shape index (κ3) is 2.01. The Morgan fingerprint density at radius 3 is 3.00 bits per heavy atom. The van der Waals surface area contributed by atoms with E-state index >= 15 is 0 Å². The number of nitrogen functional groups attached to an aromatic ring is 1. The lowest BCUT2D eigenvalue weighted by Gasteiger charge is -2.36. The molecule has 86 valence electrons. The summed E-state index contributed by atoms with van der Waals surface area (Å²) in [7, 11) is 0. The monoisotopic (exact) mass is 240 g/mol. The summed E-state index contributed by atoms with van der Waals surface area (Å²) in [6.45, 7) is 2.60. The van der Waals surface area contributed by atoms with Crippen LogP contribution in [0.3, 0.4) is 0 Å². The number of ether oxygens (including phenoxy) is 1. The van der Waals surface area contributed by atoms with Crippen molar-refractivity contribution in [3.8, 4) is 0 Å². The van der Waals surface area contributed by atoms with Gasteiger partial charge in [-0.3, -0.25) is 0 Å². The number of anilines is 1. The summed E-state index contributed by atoms with van der Waals surface area (Å²) >= 11 is 5.04. The second-order valence-corrected chi connectivity index (χ2v) is 4.61. The predicted molar refractivity (Wildman–Crippen MR) is 64.7 cm³/mol. The molecule has 0 aromatic heterocycles. The van der Waals surface area contributed by atoms with Crippen molar-refractivity contribution >= 4 is 22.9 Å². The van der Waals surface area contributed by atoms with Crippen molar-refractivity contribution < 1.29 is 9.13 Å². The maximum absolute atomic E-state index is 13.7. The van der Waals surface area contributed by atoms with Crippen molar-refractivity contribution in [1.29, 1.82) is 0 Å². The fourth-order valence-electron chi connectivity index (χ4n) is 1.84. The third-order valence-electron chi connectivity index (χ3n) is 2.62. The normalized spacial score (nSPS) is 25.2. The van der Waals surface area contributed by atoms with Crippen molar-refractivity contribution in [2.45, 2.75) is 12.5 Å². The molecule has 16 heavy (non-hydrogen) atoms. The van der Waals surface area contributed by atoms with Gasteiger partial charge < -0.3 is 15.8 Å². The summed E-state index contributed by atoms with van der Waals surface area (Å²) in [5, 5.41) is 3.09. The van der Waals surface area contributed by atoms with Crippen LogP contribution in [0.15, 0.2) is 18.2 Å². The van der Waals surface area contributed by atoms with Crippen molar-refractivity contribution in [3.63, 3.8) is 0 Å². The van der Waals surface area contributed by atoms with Crippen LogP contribution in [0.5, 0.6) is 0 Å². The Labute approximate surface area is 98.8 Å². The van der Waals surface area contributed by atoms with Gasteiger partial charge in [0.15, 0.2) is 0 Å². The summed E-state index contributed by atoms with van der Waals surface area (Å²) in [5.41, 5.74) is 6.02. The Morgan fingerprint density at radius 1 is 1.56 bits per heavy atom. The lowest BCUT2D eigenvalue weighted by atomic mass is 9.91. The molecule has 1 saturated heterocycles. The zero-order valence-corrected chi connectivity index (χ0v) is 9.73. The van der Waals surface area contributed by atoms with Crippen molar-refractivity contribution in [2.75, 3.05) is 18.9 Å². The van der Waals surface area contributed by atoms with Gasteiger partial charge in [0, 0.05) is 11.3 Å². The summed E-state index contributed by atoms with van der Waals surface area (Å²) in [6.07, 6.45) is 0. The van der Waals surface area contributed by atoms with Crippen LogP contribution in [-0.2, 0) is 10.3 Å². The first-order valence-corrected chi connectivity index (χ1v) is 5.36. The number of benzene rings is 1. The standard InChI is InChI=1S/C11H13FN2OS/c1-11(6-15-5-10(16)14-11)8-4-7(13)2-3-9(8)12/h2-4H,5-6,13H2,1H3,(H,14,16)/t11-/m0/s1. The number of thiocarbonyl (C=S) groups is 1. The number of halogens is 1. The second kappa shape index (κ2) is 3.99. The maximum Gasteiger partial charge on any atom is 0.128 e. The van der Waals surface area contributed by atoms with Gasteiger partial charge in [-0.25, -0.2) is 4.39 Å². The first-order valence-electron chi connectivity index (χ1n) is 4.95. The Hall–Kier alpha value is -1.20. The van der Waals surface area contributed by atoms with Gasteiger partial charge in [-0.1, -0.05) is 12.2 Å². The molecule has 0 radical (unpaired) electrons. The summed E-state index contributed by atoms with van der Waals surface area (Å²) in [6, 6.07) is 4.50. The molecule has 1 aromatic carbocycles. The van der Waals surface area contributed by atoms with Crippen molar-refractivity contribution in [1.82, 2.24) is 5.32 Å². The molecule has 0 aliphatic carbocycles. The van der Waals surface area contributed by atoms with Gasteiger partial charge in [-0.15, -0.1) is 0 Å². The third-order valence-corrected chi connectivity index (χ3v) is 2.84. The molecular formula is C11H13FN2OS. The van der Waals surface area contributed by atoms with Gasteiger partial charge in [0.1, 0.15) is 10.8 Å². The van der Waals surface area contributed by atoms with E-state index in [0.29, 0.717) is 29.5 Å². The van der Waals surface area contributed by atoms with Gasteiger partial charge in [-0.05, 0) is 25.1 Å². The van der Waals surface area contributed by atoms with Crippen LogP contribution in [-0.4, -0.2) is 18.2 Å². The van der Waals surface area contributed by atoms with E-state index in [0.717, 1.165) is 0 Å². The topological polar surface area (TPSA) is 47.3 Å². The molecule has 0 amide bonds. The number of hydrogen-bond donors (Lipinski definition) is 2.